The van der Waals surface area contributed by atoms with Crippen molar-refractivity contribution in [2.24, 2.45) is 10.8 Å². The molecule has 4 aliphatic heterocycles. The molecule has 22 heavy (non-hydrogen) atoms. The normalized spacial score (nSPS) is 42.6. The van der Waals surface area contributed by atoms with Crippen molar-refractivity contribution in [3.63, 3.8) is 0 Å². The SMILES string of the molecule is C[C@@]12CN3C[C@](C)(C[N+](CC(=O)c4ccccc4)(C3)C1)C2=O. The molecule has 1 aromatic rings. The molecule has 4 saturated heterocycles. The number of hydrogen-bond donors (Lipinski definition) is 0. The van der Waals surface area contributed by atoms with E-state index in [0.717, 1.165) is 42.9 Å². The van der Waals surface area contributed by atoms with Gasteiger partial charge in [0.25, 0.3) is 0 Å². The van der Waals surface area contributed by atoms with Gasteiger partial charge in [-0.1, -0.05) is 30.3 Å². The second-order valence-corrected chi connectivity index (χ2v) is 8.18. The largest absolute Gasteiger partial charge is 0.303 e. The first-order valence-corrected chi connectivity index (χ1v) is 8.05. The second-order valence-electron chi connectivity index (χ2n) is 8.18. The summed E-state index contributed by atoms with van der Waals surface area (Å²) in [7, 11) is 0. The van der Waals surface area contributed by atoms with Crippen LogP contribution >= 0.6 is 0 Å². The predicted molar refractivity (Wildman–Crippen MR) is 83.3 cm³/mol. The van der Waals surface area contributed by atoms with E-state index < -0.39 is 0 Å². The van der Waals surface area contributed by atoms with E-state index in [1.54, 1.807) is 0 Å². The van der Waals surface area contributed by atoms with E-state index in [4.69, 9.17) is 0 Å². The highest BCUT2D eigenvalue weighted by Crippen LogP contribution is 2.49. The summed E-state index contributed by atoms with van der Waals surface area (Å²) in [5, 5.41) is 0. The molecular formula is C18H23N2O2+. The molecule has 0 amide bonds. The molecular weight excluding hydrogens is 276 g/mol. The summed E-state index contributed by atoms with van der Waals surface area (Å²) in [5.41, 5.74) is 0.231. The molecule has 4 heteroatoms. The number of carbonyl (C=O) groups is 2. The number of Topliss-reactive ketones (excluding diaryl/α,β-unsaturated/α-hetero) is 2. The van der Waals surface area contributed by atoms with Gasteiger partial charge in [0.15, 0.2) is 5.78 Å². The van der Waals surface area contributed by atoms with Crippen molar-refractivity contribution in [3.8, 4) is 0 Å². The topological polar surface area (TPSA) is 37.4 Å². The number of nitrogens with zero attached hydrogens (tertiary/aromatic N) is 2. The second kappa shape index (κ2) is 4.27. The number of carbonyl (C=O) groups excluding carboxylic acids is 2. The lowest BCUT2D eigenvalue weighted by atomic mass is 9.61. The van der Waals surface area contributed by atoms with Crippen molar-refractivity contribution in [1.82, 2.24) is 4.90 Å². The van der Waals surface area contributed by atoms with Crippen molar-refractivity contribution in [3.05, 3.63) is 35.9 Å². The maximum atomic E-state index is 12.8. The molecule has 116 valence electrons. The summed E-state index contributed by atoms with van der Waals surface area (Å²) in [4.78, 5) is 27.9. The molecule has 4 aliphatic rings. The van der Waals surface area contributed by atoms with E-state index in [-0.39, 0.29) is 16.6 Å². The Balaban J connectivity index is 1.65. The number of benzene rings is 1. The van der Waals surface area contributed by atoms with Gasteiger partial charge in [-0.05, 0) is 13.8 Å². The molecule has 2 atom stereocenters. The van der Waals surface area contributed by atoms with Gasteiger partial charge in [-0.3, -0.25) is 14.5 Å². The molecule has 0 saturated carbocycles. The number of hydrogen-bond acceptors (Lipinski definition) is 3. The van der Waals surface area contributed by atoms with Crippen LogP contribution < -0.4 is 0 Å². The Morgan fingerprint density at radius 3 is 2.32 bits per heavy atom. The van der Waals surface area contributed by atoms with Crippen LogP contribution in [0.4, 0.5) is 0 Å². The van der Waals surface area contributed by atoms with Gasteiger partial charge in [0.2, 0.25) is 5.78 Å². The van der Waals surface area contributed by atoms with Gasteiger partial charge in [-0.2, -0.15) is 0 Å². The molecule has 5 rings (SSSR count). The predicted octanol–water partition coefficient (Wildman–Crippen LogP) is 1.57. The molecule has 4 bridgehead atoms. The number of piperidine rings is 2. The standard InChI is InChI=1S/C18H23N2O2/c1-17-9-19-10-18(2,16(17)22)12-20(11-17,13-19)8-15(21)14-6-4-3-5-7-14/h3-7H,8-13H2,1-2H3/q+1/t17-,18-/m1/s1. The number of quaternary nitrogens is 1. The lowest BCUT2D eigenvalue weighted by Crippen LogP contribution is -2.82. The Morgan fingerprint density at radius 2 is 1.73 bits per heavy atom. The van der Waals surface area contributed by atoms with Gasteiger partial charge in [0.1, 0.15) is 13.2 Å². The Hall–Kier alpha value is -1.52. The van der Waals surface area contributed by atoms with Crippen molar-refractivity contribution < 1.29 is 14.1 Å². The van der Waals surface area contributed by atoms with Crippen LogP contribution in [0.3, 0.4) is 0 Å². The maximum Gasteiger partial charge on any atom is 0.216 e. The van der Waals surface area contributed by atoms with Crippen LogP contribution in [0.2, 0.25) is 0 Å². The van der Waals surface area contributed by atoms with Gasteiger partial charge in [0, 0.05) is 18.7 Å². The molecule has 1 aromatic carbocycles. The van der Waals surface area contributed by atoms with E-state index in [9.17, 15) is 9.59 Å². The number of ketones is 2. The first-order chi connectivity index (χ1) is 10.3. The average molecular weight is 299 g/mol. The van der Waals surface area contributed by atoms with Crippen LogP contribution in [0, 0.1) is 10.8 Å². The zero-order valence-corrected chi connectivity index (χ0v) is 13.3. The van der Waals surface area contributed by atoms with Crippen LogP contribution in [0.5, 0.6) is 0 Å². The fraction of sp³-hybridized carbons (Fsp3) is 0.556. The minimum atomic E-state index is -0.277. The van der Waals surface area contributed by atoms with Crippen LogP contribution in [0.1, 0.15) is 24.2 Å². The first kappa shape index (κ1) is 14.1. The summed E-state index contributed by atoms with van der Waals surface area (Å²) in [6.45, 7) is 8.97. The molecule has 4 fully saturated rings. The summed E-state index contributed by atoms with van der Waals surface area (Å²) in [6, 6.07) is 9.54. The fourth-order valence-corrected chi connectivity index (χ4v) is 5.50. The summed E-state index contributed by atoms with van der Waals surface area (Å²) in [5.74, 6) is 0.611. The van der Waals surface area contributed by atoms with Crippen LogP contribution in [0.25, 0.3) is 0 Å². The Kier molecular flexibility index (Phi) is 2.73. The lowest BCUT2D eigenvalue weighted by molar-refractivity contribution is -0.956. The van der Waals surface area contributed by atoms with Gasteiger partial charge < -0.3 is 4.48 Å². The van der Waals surface area contributed by atoms with Crippen molar-refractivity contribution >= 4 is 11.6 Å². The molecule has 4 nitrogen and oxygen atoms in total. The quantitative estimate of drug-likeness (QED) is 0.628. The van der Waals surface area contributed by atoms with Crippen molar-refractivity contribution in [2.45, 2.75) is 13.8 Å². The molecule has 0 spiro atoms. The van der Waals surface area contributed by atoms with Gasteiger partial charge >= 0.3 is 0 Å². The third-order valence-electron chi connectivity index (χ3n) is 5.69. The average Bonchev–Trinajstić information content (AvgIpc) is 2.44. The fourth-order valence-electron chi connectivity index (χ4n) is 5.50. The monoisotopic (exact) mass is 299 g/mol. The zero-order chi connectivity index (χ0) is 15.6. The van der Waals surface area contributed by atoms with Gasteiger partial charge in [0.05, 0.1) is 23.9 Å². The van der Waals surface area contributed by atoms with Crippen molar-refractivity contribution in [2.75, 3.05) is 39.4 Å². The minimum Gasteiger partial charge on any atom is -0.303 e. The van der Waals surface area contributed by atoms with Gasteiger partial charge in [-0.25, -0.2) is 0 Å². The van der Waals surface area contributed by atoms with Gasteiger partial charge in [-0.15, -0.1) is 0 Å². The molecule has 0 radical (unpaired) electrons. The van der Waals surface area contributed by atoms with Crippen molar-refractivity contribution in [1.29, 1.82) is 0 Å². The molecule has 0 unspecified atom stereocenters. The third kappa shape index (κ3) is 1.90. The van der Waals surface area contributed by atoms with E-state index in [0.29, 0.717) is 12.3 Å². The minimum absolute atomic E-state index is 0.198. The van der Waals surface area contributed by atoms with E-state index in [1.165, 1.54) is 0 Å². The zero-order valence-electron chi connectivity index (χ0n) is 13.3. The number of rotatable bonds is 3. The maximum absolute atomic E-state index is 12.8. The Bertz CT molecular complexity index is 632. The Labute approximate surface area is 131 Å². The summed E-state index contributed by atoms with van der Waals surface area (Å²) < 4.78 is 0.756. The smallest absolute Gasteiger partial charge is 0.216 e. The molecule has 0 N–H and O–H groups in total. The van der Waals surface area contributed by atoms with E-state index >= 15 is 0 Å². The summed E-state index contributed by atoms with van der Waals surface area (Å²) in [6.07, 6.45) is 0. The van der Waals surface area contributed by atoms with E-state index in [1.807, 2.05) is 30.3 Å². The molecule has 0 aromatic heterocycles. The highest BCUT2D eigenvalue weighted by Gasteiger charge is 2.66. The third-order valence-corrected chi connectivity index (χ3v) is 5.69. The molecule has 4 heterocycles. The summed E-state index contributed by atoms with van der Waals surface area (Å²) >= 11 is 0. The molecule has 0 aliphatic carbocycles. The van der Waals surface area contributed by atoms with Crippen LogP contribution in [0.15, 0.2) is 30.3 Å². The highest BCUT2D eigenvalue weighted by atomic mass is 16.1. The first-order valence-electron chi connectivity index (χ1n) is 8.05. The van der Waals surface area contributed by atoms with E-state index in [2.05, 4.69) is 18.7 Å². The highest BCUT2D eigenvalue weighted by molar-refractivity contribution is 5.97. The van der Waals surface area contributed by atoms with Crippen LogP contribution in [-0.2, 0) is 4.79 Å². The lowest BCUT2D eigenvalue weighted by Gasteiger charge is -2.64. The Morgan fingerprint density at radius 1 is 1.14 bits per heavy atom. The van der Waals surface area contributed by atoms with Crippen LogP contribution in [-0.4, -0.2) is 60.3 Å².